The second kappa shape index (κ2) is 5.49. The Bertz CT molecular complexity index is 386. The van der Waals surface area contributed by atoms with Crippen LogP contribution in [0.25, 0.3) is 0 Å². The molecule has 0 spiro atoms. The average molecular weight is 253 g/mol. The maximum Gasteiger partial charge on any atom is 0.0807 e. The minimum atomic E-state index is -0.225. The van der Waals surface area contributed by atoms with E-state index in [4.69, 9.17) is 0 Å². The van der Waals surface area contributed by atoms with E-state index in [1.54, 1.807) is 0 Å². The summed E-state index contributed by atoms with van der Waals surface area (Å²) in [6.45, 7) is 5.54. The zero-order valence-electron chi connectivity index (χ0n) is 11.1. The Morgan fingerprint density at radius 3 is 3.06 bits per heavy atom. The van der Waals surface area contributed by atoms with Crippen molar-refractivity contribution in [3.63, 3.8) is 0 Å². The van der Waals surface area contributed by atoms with Crippen LogP contribution >= 0.6 is 11.8 Å². The maximum atomic E-state index is 10.0. The van der Waals surface area contributed by atoms with Crippen LogP contribution in [0.1, 0.15) is 49.2 Å². The molecular weight excluding hydrogens is 230 g/mol. The van der Waals surface area contributed by atoms with Crippen LogP contribution < -0.4 is 0 Å². The first-order chi connectivity index (χ1) is 8.13. The van der Waals surface area contributed by atoms with Crippen molar-refractivity contribution in [2.24, 2.45) is 0 Å². The fourth-order valence-electron chi connectivity index (χ4n) is 2.68. The molecule has 0 bridgehead atoms. The highest BCUT2D eigenvalue weighted by Crippen LogP contribution is 2.32. The molecule has 0 aromatic carbocycles. The third-order valence-corrected chi connectivity index (χ3v) is 4.90. The summed E-state index contributed by atoms with van der Waals surface area (Å²) in [5.41, 5.74) is 3.88. The Labute approximate surface area is 108 Å². The van der Waals surface area contributed by atoms with Crippen molar-refractivity contribution in [1.82, 2.24) is 4.57 Å². The second-order valence-corrected chi connectivity index (χ2v) is 6.36. The number of aliphatic hydroxyl groups is 1. The number of rotatable bonds is 4. The molecule has 1 aliphatic rings. The summed E-state index contributed by atoms with van der Waals surface area (Å²) in [6.07, 6.45) is 6.34. The van der Waals surface area contributed by atoms with E-state index in [0.717, 1.165) is 25.8 Å². The number of thioether (sulfide) groups is 1. The van der Waals surface area contributed by atoms with Gasteiger partial charge in [0.15, 0.2) is 0 Å². The molecular formula is C14H23NOS. The molecule has 2 nitrogen and oxygen atoms in total. The molecule has 0 aliphatic heterocycles. The van der Waals surface area contributed by atoms with E-state index in [2.05, 4.69) is 30.7 Å². The predicted molar refractivity (Wildman–Crippen MR) is 74.7 cm³/mol. The molecule has 1 aromatic rings. The highest BCUT2D eigenvalue weighted by molar-refractivity contribution is 7.99. The average Bonchev–Trinajstić information content (AvgIpc) is 2.64. The van der Waals surface area contributed by atoms with Gasteiger partial charge in [-0.1, -0.05) is 6.92 Å². The molecule has 1 aromatic heterocycles. The van der Waals surface area contributed by atoms with Gasteiger partial charge < -0.3 is 9.67 Å². The quantitative estimate of drug-likeness (QED) is 0.890. The Balaban J connectivity index is 2.17. The SMILES string of the molecule is CSC(C)CCn1c(C)cc2c1CCCC2O. The number of aliphatic hydroxyl groups excluding tert-OH is 1. The Morgan fingerprint density at radius 1 is 1.59 bits per heavy atom. The van der Waals surface area contributed by atoms with E-state index >= 15 is 0 Å². The molecule has 2 unspecified atom stereocenters. The van der Waals surface area contributed by atoms with Crippen LogP contribution in [0.15, 0.2) is 6.07 Å². The van der Waals surface area contributed by atoms with Crippen LogP contribution in [0.2, 0.25) is 0 Å². The summed E-state index contributed by atoms with van der Waals surface area (Å²) in [7, 11) is 0. The minimum Gasteiger partial charge on any atom is -0.388 e. The van der Waals surface area contributed by atoms with E-state index in [0.29, 0.717) is 5.25 Å². The van der Waals surface area contributed by atoms with Crippen LogP contribution in [0.5, 0.6) is 0 Å². The van der Waals surface area contributed by atoms with Crippen molar-refractivity contribution >= 4 is 11.8 Å². The normalized spacial score (nSPS) is 21.3. The first-order valence-electron chi connectivity index (χ1n) is 6.53. The summed E-state index contributed by atoms with van der Waals surface area (Å²) in [6, 6.07) is 2.18. The fourth-order valence-corrected chi connectivity index (χ4v) is 3.02. The lowest BCUT2D eigenvalue weighted by Gasteiger charge is -2.21. The molecule has 96 valence electrons. The highest BCUT2D eigenvalue weighted by Gasteiger charge is 2.22. The standard InChI is InChI=1S/C14H23NOS/c1-10-9-12-13(5-4-6-14(12)16)15(10)8-7-11(2)17-3/h9,11,14,16H,4-8H2,1-3H3. The molecule has 2 atom stereocenters. The first kappa shape index (κ1) is 13.0. The molecule has 0 amide bonds. The monoisotopic (exact) mass is 253 g/mol. The lowest BCUT2D eigenvalue weighted by atomic mass is 9.95. The van der Waals surface area contributed by atoms with Gasteiger partial charge in [0, 0.05) is 28.7 Å². The van der Waals surface area contributed by atoms with Crippen molar-refractivity contribution in [3.8, 4) is 0 Å². The number of aryl methyl sites for hydroxylation is 1. The summed E-state index contributed by atoms with van der Waals surface area (Å²) < 4.78 is 2.42. The molecule has 1 heterocycles. The Hall–Kier alpha value is -0.410. The summed E-state index contributed by atoms with van der Waals surface area (Å²) in [5.74, 6) is 0. The van der Waals surface area contributed by atoms with Crippen LogP contribution in [0.4, 0.5) is 0 Å². The topological polar surface area (TPSA) is 25.2 Å². The summed E-state index contributed by atoms with van der Waals surface area (Å²) in [4.78, 5) is 0. The summed E-state index contributed by atoms with van der Waals surface area (Å²) in [5, 5.41) is 10.7. The van der Waals surface area contributed by atoms with Crippen molar-refractivity contribution in [2.75, 3.05) is 6.26 Å². The second-order valence-electron chi connectivity index (χ2n) is 5.08. The lowest BCUT2D eigenvalue weighted by molar-refractivity contribution is 0.155. The van der Waals surface area contributed by atoms with Gasteiger partial charge in [-0.2, -0.15) is 11.8 Å². The third-order valence-electron chi connectivity index (χ3n) is 3.86. The van der Waals surface area contributed by atoms with Crippen LogP contribution in [0, 0.1) is 6.92 Å². The van der Waals surface area contributed by atoms with Gasteiger partial charge in [0.1, 0.15) is 0 Å². The van der Waals surface area contributed by atoms with Gasteiger partial charge in [-0.3, -0.25) is 0 Å². The molecule has 1 aliphatic carbocycles. The molecule has 0 fully saturated rings. The molecule has 0 radical (unpaired) electrons. The van der Waals surface area contributed by atoms with Crippen molar-refractivity contribution in [3.05, 3.63) is 23.0 Å². The summed E-state index contributed by atoms with van der Waals surface area (Å²) >= 11 is 1.93. The smallest absolute Gasteiger partial charge is 0.0807 e. The molecule has 0 saturated heterocycles. The molecule has 2 rings (SSSR count). The molecule has 0 saturated carbocycles. The number of hydrogen-bond donors (Lipinski definition) is 1. The van der Waals surface area contributed by atoms with E-state index < -0.39 is 0 Å². The van der Waals surface area contributed by atoms with E-state index in [-0.39, 0.29) is 6.10 Å². The van der Waals surface area contributed by atoms with Crippen LogP contribution in [-0.4, -0.2) is 21.2 Å². The van der Waals surface area contributed by atoms with Gasteiger partial charge in [-0.25, -0.2) is 0 Å². The van der Waals surface area contributed by atoms with Crippen molar-refractivity contribution < 1.29 is 5.11 Å². The fraction of sp³-hybridized carbons (Fsp3) is 0.714. The van der Waals surface area contributed by atoms with E-state index in [1.165, 1.54) is 23.4 Å². The van der Waals surface area contributed by atoms with E-state index in [1.807, 2.05) is 11.8 Å². The molecule has 1 N–H and O–H groups in total. The Morgan fingerprint density at radius 2 is 2.35 bits per heavy atom. The van der Waals surface area contributed by atoms with Gasteiger partial charge in [-0.05, 0) is 44.9 Å². The van der Waals surface area contributed by atoms with Crippen molar-refractivity contribution in [1.29, 1.82) is 0 Å². The number of nitrogens with zero attached hydrogens (tertiary/aromatic N) is 1. The minimum absolute atomic E-state index is 0.225. The maximum absolute atomic E-state index is 10.0. The number of hydrogen-bond acceptors (Lipinski definition) is 2. The van der Waals surface area contributed by atoms with Crippen LogP contribution in [0.3, 0.4) is 0 Å². The number of fused-ring (bicyclic) bond motifs is 1. The highest BCUT2D eigenvalue weighted by atomic mass is 32.2. The van der Waals surface area contributed by atoms with Gasteiger partial charge in [0.05, 0.1) is 6.10 Å². The zero-order valence-corrected chi connectivity index (χ0v) is 11.9. The first-order valence-corrected chi connectivity index (χ1v) is 7.82. The largest absolute Gasteiger partial charge is 0.388 e. The Kier molecular flexibility index (Phi) is 4.21. The molecule has 17 heavy (non-hydrogen) atoms. The zero-order chi connectivity index (χ0) is 12.4. The molecule has 3 heteroatoms. The van der Waals surface area contributed by atoms with Gasteiger partial charge >= 0.3 is 0 Å². The predicted octanol–water partition coefficient (Wildman–Crippen LogP) is 3.31. The third kappa shape index (κ3) is 2.71. The lowest BCUT2D eigenvalue weighted by Crippen LogP contribution is -2.14. The van der Waals surface area contributed by atoms with Crippen molar-refractivity contribution in [2.45, 2.75) is 57.4 Å². The van der Waals surface area contributed by atoms with Gasteiger partial charge in [0.2, 0.25) is 0 Å². The van der Waals surface area contributed by atoms with E-state index in [9.17, 15) is 5.11 Å². The van der Waals surface area contributed by atoms with Gasteiger partial charge in [0.25, 0.3) is 0 Å². The van der Waals surface area contributed by atoms with Crippen LogP contribution in [-0.2, 0) is 13.0 Å². The van der Waals surface area contributed by atoms with Gasteiger partial charge in [-0.15, -0.1) is 0 Å². The number of aromatic nitrogens is 1.